The van der Waals surface area contributed by atoms with Crippen molar-refractivity contribution in [1.29, 1.82) is 0 Å². The van der Waals surface area contributed by atoms with Crippen LogP contribution in [-0.4, -0.2) is 29.5 Å². The molecule has 1 heterocycles. The number of hydrogen-bond acceptors (Lipinski definition) is 5. The van der Waals surface area contributed by atoms with Crippen LogP contribution in [0.3, 0.4) is 0 Å². The highest BCUT2D eigenvalue weighted by Gasteiger charge is 2.56. The van der Waals surface area contributed by atoms with Gasteiger partial charge in [-0.25, -0.2) is 8.42 Å². The molecule has 3 aromatic carbocycles. The molecule has 190 valence electrons. The van der Waals surface area contributed by atoms with Crippen LogP contribution >= 0.6 is 0 Å². The number of ketones is 1. The van der Waals surface area contributed by atoms with E-state index in [0.717, 1.165) is 11.1 Å². The van der Waals surface area contributed by atoms with Crippen molar-refractivity contribution in [3.05, 3.63) is 123 Å². The maximum atomic E-state index is 14.3. The summed E-state index contributed by atoms with van der Waals surface area (Å²) in [6.07, 6.45) is 1.07. The molecular formula is C29H28N2O5S. The van der Waals surface area contributed by atoms with Gasteiger partial charge in [0.1, 0.15) is 6.04 Å². The third kappa shape index (κ3) is 4.35. The van der Waals surface area contributed by atoms with Crippen molar-refractivity contribution in [3.63, 3.8) is 0 Å². The van der Waals surface area contributed by atoms with E-state index >= 15 is 0 Å². The molecule has 0 bridgehead atoms. The molecule has 0 spiro atoms. The first-order chi connectivity index (χ1) is 17.7. The average molecular weight is 517 g/mol. The van der Waals surface area contributed by atoms with Crippen LogP contribution in [0.1, 0.15) is 53.5 Å². The summed E-state index contributed by atoms with van der Waals surface area (Å²) >= 11 is 0. The summed E-state index contributed by atoms with van der Waals surface area (Å²) in [5.41, 5.74) is 3.63. The molecule has 0 fully saturated rings. The van der Waals surface area contributed by atoms with Gasteiger partial charge in [-0.15, -0.1) is 0 Å². The highest BCUT2D eigenvalue weighted by molar-refractivity contribution is 7.89. The highest BCUT2D eigenvalue weighted by Crippen LogP contribution is 2.51. The van der Waals surface area contributed by atoms with Crippen molar-refractivity contribution in [3.8, 4) is 0 Å². The minimum atomic E-state index is -4.23. The Morgan fingerprint density at radius 3 is 2.03 bits per heavy atom. The molecule has 0 saturated carbocycles. The molecule has 37 heavy (non-hydrogen) atoms. The summed E-state index contributed by atoms with van der Waals surface area (Å²) < 4.78 is 29.8. The molecular weight excluding hydrogens is 488 g/mol. The van der Waals surface area contributed by atoms with Gasteiger partial charge < -0.3 is 0 Å². The number of hydrogen-bond donors (Lipinski definition) is 0. The van der Waals surface area contributed by atoms with Gasteiger partial charge in [-0.2, -0.15) is 0 Å². The maximum absolute atomic E-state index is 14.3. The van der Waals surface area contributed by atoms with E-state index in [4.69, 9.17) is 0 Å². The Morgan fingerprint density at radius 2 is 1.43 bits per heavy atom. The molecule has 3 atom stereocenters. The molecule has 1 aliphatic carbocycles. The lowest BCUT2D eigenvalue weighted by molar-refractivity contribution is -0.534. The average Bonchev–Trinajstić information content (AvgIpc) is 2.88. The number of rotatable bonds is 5. The van der Waals surface area contributed by atoms with Crippen LogP contribution in [0.5, 0.6) is 0 Å². The number of benzene rings is 3. The first-order valence-electron chi connectivity index (χ1n) is 12.3. The third-order valence-electron chi connectivity index (χ3n) is 7.32. The van der Waals surface area contributed by atoms with Gasteiger partial charge in [0.2, 0.25) is 6.04 Å². The maximum Gasteiger partial charge on any atom is 0.264 e. The molecule has 8 heteroatoms. The number of carbonyl (C=O) groups is 1. The van der Waals surface area contributed by atoms with E-state index in [9.17, 15) is 23.3 Å². The summed E-state index contributed by atoms with van der Waals surface area (Å²) in [5, 5.41) is 12.9. The molecule has 5 rings (SSSR count). The second-order valence-corrected chi connectivity index (χ2v) is 11.6. The number of allylic oxidation sites excluding steroid dienone is 1. The minimum Gasteiger partial charge on any atom is -0.294 e. The van der Waals surface area contributed by atoms with Gasteiger partial charge in [-0.3, -0.25) is 19.2 Å². The second-order valence-electron chi connectivity index (χ2n) is 9.77. The predicted molar refractivity (Wildman–Crippen MR) is 140 cm³/mol. The highest BCUT2D eigenvalue weighted by atomic mass is 32.2. The Bertz CT molecular complexity index is 1480. The van der Waals surface area contributed by atoms with Gasteiger partial charge in [0.25, 0.3) is 10.0 Å². The van der Waals surface area contributed by atoms with E-state index in [-0.39, 0.29) is 22.7 Å². The first kappa shape index (κ1) is 24.9. The summed E-state index contributed by atoms with van der Waals surface area (Å²) in [4.78, 5) is 25.9. The minimum absolute atomic E-state index is 0.0420. The van der Waals surface area contributed by atoms with Crippen molar-refractivity contribution in [2.45, 2.75) is 56.0 Å². The monoisotopic (exact) mass is 516 g/mol. The summed E-state index contributed by atoms with van der Waals surface area (Å²) in [5.74, 6) is -1.09. The van der Waals surface area contributed by atoms with Crippen molar-refractivity contribution < 1.29 is 18.1 Å². The Kier molecular flexibility index (Phi) is 6.45. The van der Waals surface area contributed by atoms with Crippen LogP contribution in [0, 0.1) is 24.0 Å². The molecule has 0 saturated heterocycles. The van der Waals surface area contributed by atoms with Gasteiger partial charge in [-0.05, 0) is 49.9 Å². The van der Waals surface area contributed by atoms with Crippen LogP contribution in [0.2, 0.25) is 0 Å². The zero-order valence-corrected chi connectivity index (χ0v) is 21.5. The van der Waals surface area contributed by atoms with Crippen LogP contribution in [-0.2, 0) is 14.8 Å². The van der Waals surface area contributed by atoms with Crippen LogP contribution in [0.25, 0.3) is 0 Å². The lowest BCUT2D eigenvalue weighted by Crippen LogP contribution is -2.52. The molecule has 0 unspecified atom stereocenters. The van der Waals surface area contributed by atoms with Gasteiger partial charge in [-0.1, -0.05) is 77.9 Å². The molecule has 7 nitrogen and oxygen atoms in total. The van der Waals surface area contributed by atoms with E-state index in [0.29, 0.717) is 29.7 Å². The Labute approximate surface area is 216 Å². The SMILES string of the molecule is Cc1ccc([C@@H]2[C@@H]([N+](=O)[O-])[C@H](c3ccccc3)C3=C(CCCC3=O)N2S(=O)(=O)c2ccc(C)cc2)cc1. The first-order valence-corrected chi connectivity index (χ1v) is 13.8. The van der Waals surface area contributed by atoms with E-state index in [1.807, 2.05) is 32.0 Å². The summed E-state index contributed by atoms with van der Waals surface area (Å²) in [7, 11) is -4.23. The van der Waals surface area contributed by atoms with Crippen LogP contribution in [0.4, 0.5) is 0 Å². The fourth-order valence-corrected chi connectivity index (χ4v) is 7.30. The number of aryl methyl sites for hydroxylation is 2. The quantitative estimate of drug-likeness (QED) is 0.330. The number of sulfonamides is 1. The van der Waals surface area contributed by atoms with Gasteiger partial charge in [0.05, 0.1) is 10.8 Å². The second kappa shape index (κ2) is 9.59. The van der Waals surface area contributed by atoms with Crippen LogP contribution in [0.15, 0.2) is 95.0 Å². The molecule has 3 aromatic rings. The van der Waals surface area contributed by atoms with Crippen molar-refractivity contribution in [1.82, 2.24) is 4.31 Å². The number of Topliss-reactive ketones (excluding diaryl/α,β-unsaturated/α-hetero) is 1. The number of nitrogens with zero attached hydrogens (tertiary/aromatic N) is 2. The number of nitro groups is 1. The summed E-state index contributed by atoms with van der Waals surface area (Å²) in [6.45, 7) is 3.77. The van der Waals surface area contributed by atoms with E-state index < -0.39 is 32.9 Å². The van der Waals surface area contributed by atoms with Crippen molar-refractivity contribution in [2.75, 3.05) is 0 Å². The lowest BCUT2D eigenvalue weighted by atomic mass is 9.72. The Morgan fingerprint density at radius 1 is 0.838 bits per heavy atom. The van der Waals surface area contributed by atoms with E-state index in [2.05, 4.69) is 0 Å². The standard InChI is InChI=1S/C29H28N2O5S/c1-19-11-15-22(16-12-19)28-29(31(33)34)26(21-7-4-3-5-8-21)27-24(9-6-10-25(27)32)30(28)37(35,36)23-17-13-20(2)14-18-23/h3-5,7-8,11-18,26,28-29H,6,9-10H2,1-2H3/t26-,28-,29+/m1/s1. The fourth-order valence-electron chi connectivity index (χ4n) is 5.56. The van der Waals surface area contributed by atoms with Crippen molar-refractivity contribution in [2.24, 2.45) is 0 Å². The smallest absolute Gasteiger partial charge is 0.264 e. The van der Waals surface area contributed by atoms with Gasteiger partial charge in [0.15, 0.2) is 5.78 Å². The fraction of sp³-hybridized carbons (Fsp3) is 0.276. The van der Waals surface area contributed by atoms with Crippen molar-refractivity contribution >= 4 is 15.8 Å². The van der Waals surface area contributed by atoms with Gasteiger partial charge >= 0.3 is 0 Å². The molecule has 0 aromatic heterocycles. The molecule has 0 N–H and O–H groups in total. The van der Waals surface area contributed by atoms with Gasteiger partial charge in [0, 0.05) is 22.6 Å². The Hall–Kier alpha value is -3.78. The molecule has 0 amide bonds. The van der Waals surface area contributed by atoms with Crippen LogP contribution < -0.4 is 0 Å². The Balaban J connectivity index is 1.85. The topological polar surface area (TPSA) is 97.6 Å². The molecule has 2 aliphatic rings. The predicted octanol–water partition coefficient (Wildman–Crippen LogP) is 5.49. The van der Waals surface area contributed by atoms with E-state index in [1.54, 1.807) is 48.5 Å². The lowest BCUT2D eigenvalue weighted by Gasteiger charge is -2.45. The molecule has 0 radical (unpaired) electrons. The zero-order valence-electron chi connectivity index (χ0n) is 20.7. The number of carbonyl (C=O) groups excluding carboxylic acids is 1. The normalized spacial score (nSPS) is 22.1. The zero-order chi connectivity index (χ0) is 26.3. The molecule has 1 aliphatic heterocycles. The third-order valence-corrected chi connectivity index (χ3v) is 9.16. The van der Waals surface area contributed by atoms with E-state index in [1.165, 1.54) is 16.4 Å². The summed E-state index contributed by atoms with van der Waals surface area (Å²) in [6, 6.07) is 20.1. The largest absolute Gasteiger partial charge is 0.294 e.